The van der Waals surface area contributed by atoms with E-state index in [-0.39, 0.29) is 38.2 Å². The largest absolute Gasteiger partial charge is 0.480 e. The van der Waals surface area contributed by atoms with Crippen LogP contribution in [0.2, 0.25) is 0 Å². The molecule has 0 saturated carbocycles. The number of hydrogen-bond acceptors (Lipinski definition) is 13. The Hall–Kier alpha value is -5.49. The number of carbonyl (C=O) groups is 8. The van der Waals surface area contributed by atoms with E-state index in [2.05, 4.69) is 52.2 Å². The summed E-state index contributed by atoms with van der Waals surface area (Å²) in [5.74, 6) is -6.26. The van der Waals surface area contributed by atoms with Crippen molar-refractivity contribution < 1.29 is 43.5 Å². The van der Waals surface area contributed by atoms with Crippen LogP contribution in [0.1, 0.15) is 65.0 Å². The van der Waals surface area contributed by atoms with Crippen LogP contribution in [-0.2, 0) is 44.8 Å². The number of aliphatic carboxylic acids is 1. The van der Waals surface area contributed by atoms with Crippen LogP contribution in [0.25, 0.3) is 0 Å². The number of rotatable bonds is 29. The Morgan fingerprint density at radius 1 is 0.780 bits per heavy atom. The molecule has 1 aromatic rings. The standard InChI is InChI=1S/C35H62N14O9S/c1-19(2)28(34(57)58)49-29(52)20(3)45-27(51)17-42-26(50)16-43-31(54)25(14-21-15-40-18-44-21)48-33(56)24(10-13-59-4)47-32(55)23(9-5-6-11-36)46-30(53)22(37)8-7-12-41-35(38)39/h15,18-20,22-25,28H,5-14,16-17,36-37H2,1-4H3,(H,40,44)(H,42,50)(H,43,54)(H,45,51)(H,46,53)(H,47,55)(H,48,56)(H,49,52)(H,57,58)(H4,38,39,41)/t20-,22-,23-,24-,25-,28-/m0/s1. The number of carboxylic acid groups (broad SMARTS) is 1. The number of amides is 7. The van der Waals surface area contributed by atoms with Crippen LogP contribution in [-0.4, -0.2) is 143 Å². The second kappa shape index (κ2) is 28.0. The zero-order valence-electron chi connectivity index (χ0n) is 34.0. The van der Waals surface area contributed by atoms with Gasteiger partial charge >= 0.3 is 5.97 Å². The Balaban J connectivity index is 2.97. The predicted molar refractivity (Wildman–Crippen MR) is 220 cm³/mol. The van der Waals surface area contributed by atoms with Crippen molar-refractivity contribution in [3.05, 3.63) is 18.2 Å². The maximum atomic E-state index is 13.7. The molecule has 7 amide bonds. The summed E-state index contributed by atoms with van der Waals surface area (Å²) >= 11 is 1.42. The number of guanidine groups is 1. The Labute approximate surface area is 347 Å². The van der Waals surface area contributed by atoms with E-state index in [1.54, 1.807) is 13.8 Å². The molecule has 0 saturated heterocycles. The Kier molecular flexibility index (Phi) is 24.5. The third kappa shape index (κ3) is 21.2. The van der Waals surface area contributed by atoms with Crippen molar-refractivity contribution >= 4 is 65.0 Å². The monoisotopic (exact) mass is 854 g/mol. The van der Waals surface area contributed by atoms with E-state index in [0.717, 1.165) is 0 Å². The third-order valence-electron chi connectivity index (χ3n) is 8.61. The summed E-state index contributed by atoms with van der Waals surface area (Å²) in [4.78, 5) is 113. The molecule has 59 heavy (non-hydrogen) atoms. The smallest absolute Gasteiger partial charge is 0.326 e. The number of carbonyl (C=O) groups excluding carboxylic acids is 7. The fourth-order valence-corrected chi connectivity index (χ4v) is 5.72. The molecule has 0 radical (unpaired) electrons. The third-order valence-corrected chi connectivity index (χ3v) is 9.25. The van der Waals surface area contributed by atoms with E-state index in [4.69, 9.17) is 22.9 Å². The van der Waals surface area contributed by atoms with Crippen LogP contribution in [0.5, 0.6) is 0 Å². The molecule has 0 aliphatic heterocycles. The molecule has 1 heterocycles. The predicted octanol–water partition coefficient (Wildman–Crippen LogP) is -4.37. The van der Waals surface area contributed by atoms with Gasteiger partial charge in [0.15, 0.2) is 5.96 Å². The molecule has 0 aliphatic carbocycles. The first-order valence-corrected chi connectivity index (χ1v) is 20.5. The molecule has 1 rings (SSSR count). The van der Waals surface area contributed by atoms with Crippen LogP contribution in [0.3, 0.4) is 0 Å². The maximum absolute atomic E-state index is 13.7. The molecule has 0 bridgehead atoms. The number of aliphatic imine (C=N–C) groups is 1. The molecule has 24 heteroatoms. The number of carboxylic acids is 1. The maximum Gasteiger partial charge on any atom is 0.326 e. The van der Waals surface area contributed by atoms with Gasteiger partial charge in [0, 0.05) is 24.9 Å². The quantitative estimate of drug-likeness (QED) is 0.0206. The number of aromatic nitrogens is 2. The molecule has 1 aromatic heterocycles. The van der Waals surface area contributed by atoms with Crippen LogP contribution >= 0.6 is 11.8 Å². The van der Waals surface area contributed by atoms with Gasteiger partial charge in [-0.05, 0) is 69.9 Å². The lowest BCUT2D eigenvalue weighted by Gasteiger charge is -2.26. The Bertz CT molecular complexity index is 1560. The van der Waals surface area contributed by atoms with Crippen LogP contribution < -0.4 is 60.2 Å². The first-order chi connectivity index (χ1) is 27.9. The van der Waals surface area contributed by atoms with Gasteiger partial charge in [-0.25, -0.2) is 9.78 Å². The average Bonchev–Trinajstić information content (AvgIpc) is 3.70. The highest BCUT2D eigenvalue weighted by Gasteiger charge is 2.31. The SMILES string of the molecule is CSCC[C@H](NC(=O)[C@H](CCCCN)NC(=O)[C@@H](N)CCCN=C(N)N)C(=O)N[C@@H](Cc1cnc[nH]1)C(=O)NCC(=O)NCC(=O)N[C@@H](C)C(=O)N[C@H](C(=O)O)C(C)C. The van der Waals surface area contributed by atoms with E-state index < -0.39 is 103 Å². The molecule has 332 valence electrons. The number of unbranched alkanes of at least 4 members (excludes halogenated alkanes) is 1. The van der Waals surface area contributed by atoms with E-state index in [0.29, 0.717) is 37.3 Å². The molecule has 0 aromatic carbocycles. The summed E-state index contributed by atoms with van der Waals surface area (Å²) in [5, 5.41) is 26.7. The van der Waals surface area contributed by atoms with Gasteiger partial charge in [-0.15, -0.1) is 0 Å². The number of hydrogen-bond donors (Lipinski definition) is 13. The zero-order valence-corrected chi connectivity index (χ0v) is 34.8. The topological polar surface area (TPSA) is 386 Å². The number of aromatic amines is 1. The summed E-state index contributed by atoms with van der Waals surface area (Å²) < 4.78 is 0. The average molecular weight is 855 g/mol. The van der Waals surface area contributed by atoms with Gasteiger partial charge in [0.1, 0.15) is 30.2 Å². The second-order valence-electron chi connectivity index (χ2n) is 13.9. The van der Waals surface area contributed by atoms with E-state index in [1.807, 2.05) is 6.26 Å². The number of H-pyrrole nitrogens is 1. The molecule has 0 aliphatic rings. The number of nitrogens with two attached hydrogens (primary N) is 4. The normalized spacial score (nSPS) is 13.9. The van der Waals surface area contributed by atoms with Crippen molar-refractivity contribution in [2.75, 3.05) is 38.2 Å². The summed E-state index contributed by atoms with van der Waals surface area (Å²) in [6, 6.07) is -6.70. The van der Waals surface area contributed by atoms with Crippen LogP contribution in [0, 0.1) is 5.92 Å². The first-order valence-electron chi connectivity index (χ1n) is 19.1. The Morgan fingerprint density at radius 3 is 1.98 bits per heavy atom. The van der Waals surface area contributed by atoms with Crippen molar-refractivity contribution in [3.8, 4) is 0 Å². The minimum absolute atomic E-state index is 0.0802. The highest BCUT2D eigenvalue weighted by atomic mass is 32.2. The van der Waals surface area contributed by atoms with Crippen molar-refractivity contribution in [3.63, 3.8) is 0 Å². The number of thioether (sulfide) groups is 1. The first kappa shape index (κ1) is 51.5. The summed E-state index contributed by atoms with van der Waals surface area (Å²) in [6.07, 6.45) is 6.64. The summed E-state index contributed by atoms with van der Waals surface area (Å²) in [6.45, 7) is 4.03. The molecule has 6 atom stereocenters. The fourth-order valence-electron chi connectivity index (χ4n) is 5.25. The lowest BCUT2D eigenvalue weighted by molar-refractivity contribution is -0.143. The molecular formula is C35H62N14O9S. The van der Waals surface area contributed by atoms with E-state index >= 15 is 0 Å². The van der Waals surface area contributed by atoms with Gasteiger partial charge < -0.3 is 70.2 Å². The minimum Gasteiger partial charge on any atom is -0.480 e. The van der Waals surface area contributed by atoms with E-state index in [9.17, 15) is 43.5 Å². The van der Waals surface area contributed by atoms with Gasteiger partial charge in [0.25, 0.3) is 0 Å². The zero-order chi connectivity index (χ0) is 44.5. The summed E-state index contributed by atoms with van der Waals surface area (Å²) in [7, 11) is 0. The number of nitrogens with zero attached hydrogens (tertiary/aromatic N) is 2. The number of imidazole rings is 1. The molecule has 0 fully saturated rings. The van der Waals surface area contributed by atoms with Crippen molar-refractivity contribution in [2.45, 2.75) is 102 Å². The number of nitrogens with one attached hydrogen (secondary N) is 8. The van der Waals surface area contributed by atoms with Gasteiger partial charge in [-0.2, -0.15) is 11.8 Å². The highest BCUT2D eigenvalue weighted by Crippen LogP contribution is 2.08. The summed E-state index contributed by atoms with van der Waals surface area (Å²) in [5.41, 5.74) is 22.8. The van der Waals surface area contributed by atoms with Gasteiger partial charge in [-0.3, -0.25) is 38.6 Å². The van der Waals surface area contributed by atoms with Crippen molar-refractivity contribution in [2.24, 2.45) is 33.8 Å². The molecule has 23 nitrogen and oxygen atoms in total. The molecule has 0 unspecified atom stereocenters. The molecule has 17 N–H and O–H groups in total. The lowest BCUT2D eigenvalue weighted by atomic mass is 10.0. The highest BCUT2D eigenvalue weighted by molar-refractivity contribution is 7.98. The van der Waals surface area contributed by atoms with E-state index in [1.165, 1.54) is 31.2 Å². The minimum atomic E-state index is -1.26. The van der Waals surface area contributed by atoms with Gasteiger partial charge in [0.2, 0.25) is 41.4 Å². The van der Waals surface area contributed by atoms with Crippen LogP contribution in [0.15, 0.2) is 17.5 Å². The lowest BCUT2D eigenvalue weighted by Crippen LogP contribution is -2.58. The van der Waals surface area contributed by atoms with Crippen molar-refractivity contribution in [1.29, 1.82) is 0 Å². The fraction of sp³-hybridized carbons (Fsp3) is 0.657. The molecule has 0 spiro atoms. The Morgan fingerprint density at radius 2 is 1.41 bits per heavy atom. The van der Waals surface area contributed by atoms with Crippen molar-refractivity contribution in [1.82, 2.24) is 47.2 Å². The second-order valence-corrected chi connectivity index (χ2v) is 14.9. The molecular weight excluding hydrogens is 793 g/mol. The van der Waals surface area contributed by atoms with Crippen LogP contribution in [0.4, 0.5) is 0 Å². The van der Waals surface area contributed by atoms with Gasteiger partial charge in [0.05, 0.1) is 25.5 Å². The van der Waals surface area contributed by atoms with Gasteiger partial charge in [-0.1, -0.05) is 13.8 Å².